The predicted molar refractivity (Wildman–Crippen MR) is 104 cm³/mol. The van der Waals surface area contributed by atoms with Crippen molar-refractivity contribution in [2.45, 2.75) is 6.92 Å². The third-order valence-corrected chi connectivity index (χ3v) is 4.68. The number of anilines is 1. The van der Waals surface area contributed by atoms with E-state index in [0.717, 1.165) is 5.69 Å². The van der Waals surface area contributed by atoms with Gasteiger partial charge in [0.15, 0.2) is 18.1 Å². The molecule has 0 aliphatic carbocycles. The van der Waals surface area contributed by atoms with E-state index in [9.17, 15) is 19.7 Å². The fraction of sp³-hybridized carbons (Fsp3) is 0.300. The van der Waals surface area contributed by atoms with Crippen molar-refractivity contribution in [2.75, 3.05) is 37.7 Å². The molecule has 1 aliphatic rings. The molecule has 0 radical (unpaired) electrons. The van der Waals surface area contributed by atoms with Crippen LogP contribution in [0.25, 0.3) is 0 Å². The Labute approximate surface area is 162 Å². The Balaban J connectivity index is 1.53. The Hall–Kier alpha value is -3.42. The molecule has 8 nitrogen and oxygen atoms in total. The van der Waals surface area contributed by atoms with Crippen LogP contribution in [-0.2, 0) is 4.79 Å². The van der Waals surface area contributed by atoms with Crippen molar-refractivity contribution in [3.8, 4) is 5.75 Å². The fourth-order valence-electron chi connectivity index (χ4n) is 3.08. The van der Waals surface area contributed by atoms with Crippen molar-refractivity contribution < 1.29 is 19.2 Å². The highest BCUT2D eigenvalue weighted by atomic mass is 16.6. The van der Waals surface area contributed by atoms with Crippen LogP contribution >= 0.6 is 0 Å². The summed E-state index contributed by atoms with van der Waals surface area (Å²) in [5.41, 5.74) is 1.52. The molecule has 1 saturated heterocycles. The number of Topliss-reactive ketones (excluding diaryl/α,β-unsaturated/α-hetero) is 1. The minimum atomic E-state index is -0.532. The maximum Gasteiger partial charge on any atom is 0.310 e. The second kappa shape index (κ2) is 8.51. The van der Waals surface area contributed by atoms with E-state index in [0.29, 0.717) is 31.7 Å². The van der Waals surface area contributed by atoms with Crippen LogP contribution < -0.4 is 9.64 Å². The van der Waals surface area contributed by atoms with Gasteiger partial charge in [0.25, 0.3) is 5.91 Å². The second-order valence-electron chi connectivity index (χ2n) is 6.48. The van der Waals surface area contributed by atoms with Gasteiger partial charge in [-0.3, -0.25) is 19.7 Å². The van der Waals surface area contributed by atoms with Gasteiger partial charge in [0.1, 0.15) is 0 Å². The monoisotopic (exact) mass is 383 g/mol. The number of carbonyl (C=O) groups is 2. The number of hydrogen-bond donors (Lipinski definition) is 0. The normalized spacial score (nSPS) is 13.9. The fourth-order valence-corrected chi connectivity index (χ4v) is 3.08. The lowest BCUT2D eigenvalue weighted by atomic mass is 10.1. The lowest BCUT2D eigenvalue weighted by molar-refractivity contribution is -0.385. The largest absolute Gasteiger partial charge is 0.477 e. The molecule has 0 N–H and O–H groups in total. The summed E-state index contributed by atoms with van der Waals surface area (Å²) in [7, 11) is 0. The van der Waals surface area contributed by atoms with Gasteiger partial charge < -0.3 is 14.5 Å². The summed E-state index contributed by atoms with van der Waals surface area (Å²) in [6, 6.07) is 13.4. The summed E-state index contributed by atoms with van der Waals surface area (Å²) >= 11 is 0. The maximum absolute atomic E-state index is 12.4. The summed E-state index contributed by atoms with van der Waals surface area (Å²) in [5.74, 6) is -0.0876. The molecule has 1 heterocycles. The highest BCUT2D eigenvalue weighted by Crippen LogP contribution is 2.26. The summed E-state index contributed by atoms with van der Waals surface area (Å²) in [4.78, 5) is 38.1. The first kappa shape index (κ1) is 19.3. The number of piperazine rings is 1. The molecule has 8 heteroatoms. The van der Waals surface area contributed by atoms with Crippen LogP contribution in [0.2, 0.25) is 0 Å². The molecular formula is C20H21N3O5. The van der Waals surface area contributed by atoms with Gasteiger partial charge in [-0.25, -0.2) is 0 Å². The van der Waals surface area contributed by atoms with E-state index in [1.807, 2.05) is 12.1 Å². The molecular weight excluding hydrogens is 362 g/mol. The number of ether oxygens (including phenoxy) is 1. The van der Waals surface area contributed by atoms with Crippen LogP contribution in [0, 0.1) is 10.1 Å². The number of para-hydroxylation sites is 2. The van der Waals surface area contributed by atoms with Crippen molar-refractivity contribution >= 4 is 23.1 Å². The Kier molecular flexibility index (Phi) is 5.88. The first-order valence-corrected chi connectivity index (χ1v) is 8.95. The highest BCUT2D eigenvalue weighted by Gasteiger charge is 2.23. The average molecular weight is 383 g/mol. The van der Waals surface area contributed by atoms with E-state index in [4.69, 9.17) is 4.74 Å². The van der Waals surface area contributed by atoms with Crippen LogP contribution in [0.1, 0.15) is 17.3 Å². The number of amides is 1. The van der Waals surface area contributed by atoms with Crippen molar-refractivity contribution in [1.82, 2.24) is 4.90 Å². The van der Waals surface area contributed by atoms with Crippen LogP contribution in [0.5, 0.6) is 5.75 Å². The molecule has 0 atom stereocenters. The Morgan fingerprint density at radius 1 is 1.04 bits per heavy atom. The van der Waals surface area contributed by atoms with Gasteiger partial charge in [-0.05, 0) is 37.3 Å². The van der Waals surface area contributed by atoms with Crippen LogP contribution in [-0.4, -0.2) is 54.3 Å². The lowest BCUT2D eigenvalue weighted by Gasteiger charge is -2.36. The maximum atomic E-state index is 12.4. The van der Waals surface area contributed by atoms with Gasteiger partial charge in [-0.1, -0.05) is 12.1 Å². The zero-order valence-corrected chi connectivity index (χ0v) is 15.5. The third-order valence-electron chi connectivity index (χ3n) is 4.68. The van der Waals surface area contributed by atoms with Crippen LogP contribution in [0.4, 0.5) is 11.4 Å². The number of ketones is 1. The van der Waals surface area contributed by atoms with Gasteiger partial charge in [0, 0.05) is 43.5 Å². The van der Waals surface area contributed by atoms with E-state index in [1.165, 1.54) is 19.1 Å². The van der Waals surface area contributed by atoms with E-state index in [2.05, 4.69) is 4.90 Å². The number of benzene rings is 2. The molecule has 2 aromatic rings. The van der Waals surface area contributed by atoms with Gasteiger partial charge in [-0.2, -0.15) is 0 Å². The van der Waals surface area contributed by atoms with E-state index in [1.54, 1.807) is 29.2 Å². The van der Waals surface area contributed by atoms with E-state index >= 15 is 0 Å². The number of carbonyl (C=O) groups excluding carboxylic acids is 2. The second-order valence-corrected chi connectivity index (χ2v) is 6.48. The number of rotatable bonds is 6. The lowest BCUT2D eigenvalue weighted by Crippen LogP contribution is -2.50. The first-order valence-electron chi connectivity index (χ1n) is 8.95. The zero-order chi connectivity index (χ0) is 20.1. The molecule has 3 rings (SSSR count). The molecule has 0 aromatic heterocycles. The van der Waals surface area contributed by atoms with Gasteiger partial charge >= 0.3 is 5.69 Å². The Morgan fingerprint density at radius 2 is 1.68 bits per heavy atom. The standard InChI is InChI=1S/C20H21N3O5/c1-15(24)16-6-8-17(9-7-16)21-10-12-22(13-11-21)20(25)14-28-19-5-3-2-4-18(19)23(26)27/h2-9H,10-14H2,1H3. The zero-order valence-electron chi connectivity index (χ0n) is 15.5. The highest BCUT2D eigenvalue weighted by molar-refractivity contribution is 5.94. The van der Waals surface area contributed by atoms with Gasteiger partial charge in [0.2, 0.25) is 0 Å². The summed E-state index contributed by atoms with van der Waals surface area (Å²) in [6.45, 7) is 3.69. The minimum absolute atomic E-state index is 0.0284. The molecule has 146 valence electrons. The van der Waals surface area contributed by atoms with Crippen LogP contribution in [0.3, 0.4) is 0 Å². The first-order chi connectivity index (χ1) is 13.5. The average Bonchev–Trinajstić information content (AvgIpc) is 2.72. The molecule has 1 amide bonds. The molecule has 0 saturated carbocycles. The molecule has 1 aliphatic heterocycles. The molecule has 0 bridgehead atoms. The number of nitro groups is 1. The van der Waals surface area contributed by atoms with Crippen molar-refractivity contribution in [3.63, 3.8) is 0 Å². The summed E-state index contributed by atoms with van der Waals surface area (Å²) in [6.07, 6.45) is 0. The predicted octanol–water partition coefficient (Wildman–Crippen LogP) is 2.53. The number of nitro benzene ring substituents is 1. The van der Waals surface area contributed by atoms with Crippen molar-refractivity contribution in [3.05, 3.63) is 64.2 Å². The number of hydrogen-bond acceptors (Lipinski definition) is 6. The topological polar surface area (TPSA) is 93.0 Å². The molecule has 1 fully saturated rings. The van der Waals surface area contributed by atoms with Crippen LogP contribution in [0.15, 0.2) is 48.5 Å². The van der Waals surface area contributed by atoms with Gasteiger partial charge in [-0.15, -0.1) is 0 Å². The van der Waals surface area contributed by atoms with Crippen molar-refractivity contribution in [1.29, 1.82) is 0 Å². The van der Waals surface area contributed by atoms with E-state index in [-0.39, 0.29) is 29.7 Å². The van der Waals surface area contributed by atoms with Gasteiger partial charge in [0.05, 0.1) is 4.92 Å². The number of nitrogens with zero attached hydrogens (tertiary/aromatic N) is 3. The molecule has 2 aromatic carbocycles. The quantitative estimate of drug-likeness (QED) is 0.432. The molecule has 0 unspecified atom stereocenters. The SMILES string of the molecule is CC(=O)c1ccc(N2CCN(C(=O)COc3ccccc3[N+](=O)[O-])CC2)cc1. The molecule has 0 spiro atoms. The summed E-state index contributed by atoms with van der Waals surface area (Å²) < 4.78 is 5.38. The Morgan fingerprint density at radius 3 is 2.29 bits per heavy atom. The van der Waals surface area contributed by atoms with Crippen molar-refractivity contribution in [2.24, 2.45) is 0 Å². The Bertz CT molecular complexity index is 874. The third kappa shape index (κ3) is 4.46. The smallest absolute Gasteiger partial charge is 0.310 e. The minimum Gasteiger partial charge on any atom is -0.477 e. The summed E-state index contributed by atoms with van der Waals surface area (Å²) in [5, 5.41) is 11.0. The van der Waals surface area contributed by atoms with E-state index < -0.39 is 4.92 Å². The molecule has 28 heavy (non-hydrogen) atoms.